The number of rotatable bonds is 13. The third-order valence-corrected chi connectivity index (χ3v) is 14.6. The van der Waals surface area contributed by atoms with Gasteiger partial charge in [0.15, 0.2) is 11.5 Å². The monoisotopic (exact) mass is 729 g/mol. The van der Waals surface area contributed by atoms with Crippen molar-refractivity contribution in [1.29, 1.82) is 0 Å². The zero-order chi connectivity index (χ0) is 36.5. The van der Waals surface area contributed by atoms with Crippen LogP contribution in [0.1, 0.15) is 137 Å². The number of hydrogen-bond acceptors (Lipinski definition) is 10. The van der Waals surface area contributed by atoms with Crippen LogP contribution in [0.5, 0.6) is 0 Å². The van der Waals surface area contributed by atoms with E-state index in [4.69, 9.17) is 19.9 Å². The van der Waals surface area contributed by atoms with Crippen LogP contribution in [0.25, 0.3) is 11.2 Å². The molecule has 13 nitrogen and oxygen atoms in total. The van der Waals surface area contributed by atoms with Gasteiger partial charge < -0.3 is 24.5 Å². The number of ether oxygens (including phenoxy) is 3. The number of carbonyl (C=O) groups is 2. The summed E-state index contributed by atoms with van der Waals surface area (Å²) in [5.41, 5.74) is 5.18. The van der Waals surface area contributed by atoms with Crippen molar-refractivity contribution >= 4 is 36.4 Å². The highest BCUT2D eigenvalue weighted by Crippen LogP contribution is 2.51. The Morgan fingerprint density at radius 3 is 1.78 bits per heavy atom. The van der Waals surface area contributed by atoms with Crippen molar-refractivity contribution < 1.29 is 28.4 Å². The molecule has 0 aliphatic heterocycles. The number of anilines is 1. The molecule has 14 heteroatoms. The summed E-state index contributed by atoms with van der Waals surface area (Å²) in [5, 5.41) is 6.17. The molecule has 4 N–H and O–H groups in total. The molecule has 0 aromatic carbocycles. The Hall–Kier alpha value is -2.60. The molecule has 0 saturated heterocycles. The number of nitrogens with zero attached hydrogens (tertiary/aromatic N) is 4. The van der Waals surface area contributed by atoms with E-state index in [1.54, 1.807) is 38.6 Å². The van der Waals surface area contributed by atoms with E-state index in [2.05, 4.69) is 25.1 Å². The van der Waals surface area contributed by atoms with Crippen LogP contribution in [-0.4, -0.2) is 67.2 Å². The molecule has 51 heavy (non-hydrogen) atoms. The van der Waals surface area contributed by atoms with E-state index in [9.17, 15) is 14.2 Å². The molecular formula is C37H60N7O6P. The summed E-state index contributed by atoms with van der Waals surface area (Å²) < 4.78 is 35.0. The summed E-state index contributed by atoms with van der Waals surface area (Å²) in [6.45, 7) is 8.87. The molecule has 2 aromatic heterocycles. The molecule has 4 fully saturated rings. The van der Waals surface area contributed by atoms with Gasteiger partial charge in [0.2, 0.25) is 7.44 Å². The lowest BCUT2D eigenvalue weighted by Crippen LogP contribution is -2.55. The normalized spacial score (nSPS) is 24.1. The minimum Gasteiger partial charge on any atom is -0.461 e. The third kappa shape index (κ3) is 8.96. The fraction of sp³-hybridized carbons (Fsp3) is 0.811. The van der Waals surface area contributed by atoms with E-state index < -0.39 is 36.6 Å². The molecule has 284 valence electrons. The Kier molecular flexibility index (Phi) is 11.2. The van der Waals surface area contributed by atoms with E-state index in [1.807, 2.05) is 6.92 Å². The Morgan fingerprint density at radius 2 is 1.31 bits per heavy atom. The maximum absolute atomic E-state index is 14.9. The number of nitrogens with two attached hydrogens (primary N) is 1. The molecule has 4 saturated carbocycles. The number of nitrogens with one attached hydrogen (secondary N) is 2. The molecule has 0 radical (unpaired) electrons. The Morgan fingerprint density at radius 1 is 0.843 bits per heavy atom. The minimum absolute atomic E-state index is 0.165. The number of carbonyl (C=O) groups excluding carboxylic acids is 2. The van der Waals surface area contributed by atoms with Gasteiger partial charge in [-0.3, -0.25) is 14.2 Å². The van der Waals surface area contributed by atoms with Crippen LogP contribution in [0.2, 0.25) is 0 Å². The van der Waals surface area contributed by atoms with Crippen LogP contribution >= 0.6 is 7.44 Å². The SMILES string of the molecule is C[C@H](Cn1cnc2c(N)ncnc21)OCP(=O)(NC(C)(C)C(=O)OC1CCC2(CCCC2)CC1)NC(C)(C)C(=O)OC1CCC2(CCCC2)CC1. The molecule has 2 spiro atoms. The van der Waals surface area contributed by atoms with Gasteiger partial charge in [-0.25, -0.2) is 25.1 Å². The lowest BCUT2D eigenvalue weighted by Gasteiger charge is -2.40. The summed E-state index contributed by atoms with van der Waals surface area (Å²) >= 11 is 0. The first-order valence-corrected chi connectivity index (χ1v) is 21.1. The minimum atomic E-state index is -3.82. The Labute approximate surface area is 302 Å². The molecule has 0 bridgehead atoms. The van der Waals surface area contributed by atoms with Crippen LogP contribution in [0, 0.1) is 10.8 Å². The van der Waals surface area contributed by atoms with Gasteiger partial charge >= 0.3 is 11.9 Å². The van der Waals surface area contributed by atoms with Gasteiger partial charge in [0, 0.05) is 0 Å². The molecule has 2 heterocycles. The molecule has 2 aromatic rings. The summed E-state index contributed by atoms with van der Waals surface area (Å²) in [5.74, 6) is -0.669. The zero-order valence-corrected chi connectivity index (χ0v) is 32.3. The van der Waals surface area contributed by atoms with Crippen molar-refractivity contribution in [2.45, 2.75) is 173 Å². The first kappa shape index (κ1) is 38.1. The van der Waals surface area contributed by atoms with Crippen LogP contribution in [0.4, 0.5) is 5.82 Å². The van der Waals surface area contributed by atoms with Gasteiger partial charge in [-0.1, -0.05) is 25.7 Å². The van der Waals surface area contributed by atoms with Gasteiger partial charge in [-0.05, 0) is 122 Å². The number of esters is 2. The molecule has 0 amide bonds. The average molecular weight is 730 g/mol. The van der Waals surface area contributed by atoms with Gasteiger partial charge in [0.1, 0.15) is 41.5 Å². The van der Waals surface area contributed by atoms with Crippen LogP contribution in [-0.2, 0) is 34.9 Å². The van der Waals surface area contributed by atoms with Crippen molar-refractivity contribution in [3.63, 3.8) is 0 Å². The average Bonchev–Trinajstić information content (AvgIpc) is 3.84. The number of fused-ring (bicyclic) bond motifs is 1. The first-order valence-electron chi connectivity index (χ1n) is 19.2. The molecule has 4 aliphatic carbocycles. The Balaban J connectivity index is 1.11. The van der Waals surface area contributed by atoms with Gasteiger partial charge in [-0.15, -0.1) is 0 Å². The van der Waals surface area contributed by atoms with E-state index in [1.165, 1.54) is 57.7 Å². The number of imidazole rings is 1. The summed E-state index contributed by atoms with van der Waals surface area (Å²) in [6, 6.07) is 0. The summed E-state index contributed by atoms with van der Waals surface area (Å²) in [6.07, 6.45) is 19.8. The quantitative estimate of drug-likeness (QED) is 0.146. The highest BCUT2D eigenvalue weighted by molar-refractivity contribution is 7.59. The number of nitrogen functional groups attached to an aromatic ring is 1. The smallest absolute Gasteiger partial charge is 0.326 e. The second kappa shape index (κ2) is 15.0. The van der Waals surface area contributed by atoms with Crippen LogP contribution in [0.3, 0.4) is 0 Å². The molecular weight excluding hydrogens is 669 g/mol. The van der Waals surface area contributed by atoms with Gasteiger partial charge in [0.25, 0.3) is 0 Å². The van der Waals surface area contributed by atoms with Crippen LogP contribution in [0.15, 0.2) is 12.7 Å². The second-order valence-corrected chi connectivity index (χ2v) is 19.5. The highest BCUT2D eigenvalue weighted by atomic mass is 31.2. The standard InChI is InChI=1S/C37H60N7O6P/c1-26(22-44-24-41-29-30(38)39-23-40-31(29)44)48-25-51(47,42-34(2,3)32(45)49-27-10-18-36(19-11-27)14-6-7-15-36)43-35(4,5)33(46)50-28-12-20-37(21-13-28)16-8-9-17-37/h23-24,26-28H,6-22,25H2,1-5H3,(H2,38,39,40)(H2,42,43,47)/t26-/m1/s1. The third-order valence-electron chi connectivity index (χ3n) is 12.2. The lowest BCUT2D eigenvalue weighted by molar-refractivity contribution is -0.158. The predicted octanol–water partition coefficient (Wildman–Crippen LogP) is 6.79. The topological polar surface area (TPSA) is 173 Å². The highest BCUT2D eigenvalue weighted by Gasteiger charge is 2.46. The summed E-state index contributed by atoms with van der Waals surface area (Å²) in [4.78, 5) is 40.0. The van der Waals surface area contributed by atoms with E-state index in [-0.39, 0.29) is 24.4 Å². The fourth-order valence-electron chi connectivity index (χ4n) is 9.17. The zero-order valence-electron chi connectivity index (χ0n) is 31.4. The first-order chi connectivity index (χ1) is 24.1. The van der Waals surface area contributed by atoms with Crippen LogP contribution < -0.4 is 15.9 Å². The molecule has 0 unspecified atom stereocenters. The second-order valence-electron chi connectivity index (χ2n) is 17.3. The van der Waals surface area contributed by atoms with Crippen molar-refractivity contribution in [3.8, 4) is 0 Å². The van der Waals surface area contributed by atoms with E-state index in [0.717, 1.165) is 51.4 Å². The number of aromatic nitrogens is 4. The Bertz CT molecular complexity index is 1510. The van der Waals surface area contributed by atoms with E-state index >= 15 is 0 Å². The van der Waals surface area contributed by atoms with Crippen molar-refractivity contribution in [1.82, 2.24) is 29.7 Å². The van der Waals surface area contributed by atoms with Gasteiger partial charge in [0.05, 0.1) is 19.0 Å². The fourth-order valence-corrected chi connectivity index (χ4v) is 11.8. The largest absolute Gasteiger partial charge is 0.461 e. The maximum atomic E-state index is 14.9. The maximum Gasteiger partial charge on any atom is 0.326 e. The predicted molar refractivity (Wildman–Crippen MR) is 196 cm³/mol. The molecule has 6 rings (SSSR count). The summed E-state index contributed by atoms with van der Waals surface area (Å²) in [7, 11) is -3.82. The van der Waals surface area contributed by atoms with E-state index in [0.29, 0.717) is 28.5 Å². The lowest BCUT2D eigenvalue weighted by atomic mass is 9.72. The molecule has 4 aliphatic rings. The van der Waals surface area contributed by atoms with Crippen molar-refractivity contribution in [2.24, 2.45) is 10.8 Å². The molecule has 1 atom stereocenters. The van der Waals surface area contributed by atoms with Crippen molar-refractivity contribution in [2.75, 3.05) is 12.1 Å². The van der Waals surface area contributed by atoms with Gasteiger partial charge in [-0.2, -0.15) is 0 Å². The number of hydrogen-bond donors (Lipinski definition) is 3. The van der Waals surface area contributed by atoms with Crippen molar-refractivity contribution in [3.05, 3.63) is 12.7 Å².